The summed E-state index contributed by atoms with van der Waals surface area (Å²) in [5, 5.41) is 7.89. The molecule has 1 aromatic rings. The molecular formula is C11H8Cl5NO2S. The normalized spacial score (nSPS) is 11.4. The van der Waals surface area contributed by atoms with E-state index < -0.39 is 9.84 Å². The van der Waals surface area contributed by atoms with Crippen LogP contribution in [0.1, 0.15) is 18.4 Å². The lowest BCUT2D eigenvalue weighted by Crippen LogP contribution is -2.09. The fraction of sp³-hybridized carbons (Fsp3) is 0.364. The molecule has 0 radical (unpaired) electrons. The maximum Gasteiger partial charge on any atom is 0.181 e. The largest absolute Gasteiger partial charge is 0.224 e. The van der Waals surface area contributed by atoms with E-state index in [1.54, 1.807) is 6.07 Å². The fourth-order valence-electron chi connectivity index (χ4n) is 1.47. The smallest absolute Gasteiger partial charge is 0.181 e. The highest BCUT2D eigenvalue weighted by Gasteiger charge is 2.28. The zero-order valence-electron chi connectivity index (χ0n) is 9.89. The van der Waals surface area contributed by atoms with Crippen molar-refractivity contribution in [1.82, 2.24) is 0 Å². The van der Waals surface area contributed by atoms with Gasteiger partial charge in [0, 0.05) is 5.88 Å². The number of nitriles is 1. The summed E-state index contributed by atoms with van der Waals surface area (Å²) in [6, 6.07) is 1.73. The summed E-state index contributed by atoms with van der Waals surface area (Å²) in [5.74, 6) is 0.170. The van der Waals surface area contributed by atoms with Gasteiger partial charge in [-0.05, 0) is 12.8 Å². The van der Waals surface area contributed by atoms with Gasteiger partial charge in [-0.2, -0.15) is 5.26 Å². The third-order valence-corrected chi connectivity index (χ3v) is 6.50. The highest BCUT2D eigenvalue weighted by Crippen LogP contribution is 2.43. The molecule has 0 heterocycles. The Kier molecular flexibility index (Phi) is 6.72. The molecule has 0 aliphatic heterocycles. The number of nitrogens with zero attached hydrogens (tertiary/aromatic N) is 1. The first-order valence-electron chi connectivity index (χ1n) is 5.32. The third-order valence-electron chi connectivity index (χ3n) is 2.44. The molecule has 0 amide bonds. The van der Waals surface area contributed by atoms with Gasteiger partial charge in [-0.15, -0.1) is 11.6 Å². The second kappa shape index (κ2) is 7.40. The molecule has 0 atom stereocenters. The van der Waals surface area contributed by atoms with Crippen LogP contribution in [-0.4, -0.2) is 20.1 Å². The number of hydrogen-bond acceptors (Lipinski definition) is 3. The maximum atomic E-state index is 12.2. The minimum atomic E-state index is -3.76. The van der Waals surface area contributed by atoms with Crippen LogP contribution >= 0.6 is 58.0 Å². The van der Waals surface area contributed by atoms with Crippen molar-refractivity contribution in [2.75, 3.05) is 11.6 Å². The van der Waals surface area contributed by atoms with E-state index in [4.69, 9.17) is 63.3 Å². The zero-order chi connectivity index (χ0) is 15.5. The second-order valence-corrected chi connectivity index (χ2v) is 7.72. The van der Waals surface area contributed by atoms with E-state index in [0.717, 1.165) is 0 Å². The lowest BCUT2D eigenvalue weighted by atomic mass is 10.2. The molecule has 110 valence electrons. The van der Waals surface area contributed by atoms with Crippen LogP contribution in [0.2, 0.25) is 20.1 Å². The Labute approximate surface area is 142 Å². The van der Waals surface area contributed by atoms with Gasteiger partial charge in [0.05, 0.1) is 31.4 Å². The van der Waals surface area contributed by atoms with Crippen molar-refractivity contribution in [3.63, 3.8) is 0 Å². The van der Waals surface area contributed by atoms with Gasteiger partial charge in [0.25, 0.3) is 0 Å². The number of halogens is 5. The van der Waals surface area contributed by atoms with E-state index in [1.807, 2.05) is 0 Å². The minimum absolute atomic E-state index is 0.150. The second-order valence-electron chi connectivity index (χ2n) is 3.79. The first kappa shape index (κ1) is 18.2. The molecule has 0 N–H and O–H groups in total. The predicted octanol–water partition coefficient (Wildman–Crippen LogP) is 4.96. The van der Waals surface area contributed by atoms with Gasteiger partial charge in [-0.1, -0.05) is 46.4 Å². The Balaban J connectivity index is 3.44. The number of sulfone groups is 1. The van der Waals surface area contributed by atoms with Gasteiger partial charge in [0.1, 0.15) is 11.0 Å². The highest BCUT2D eigenvalue weighted by molar-refractivity contribution is 7.91. The number of rotatable bonds is 5. The Hall–Kier alpha value is 0.110. The molecule has 0 fully saturated rings. The van der Waals surface area contributed by atoms with E-state index in [0.29, 0.717) is 18.7 Å². The first-order chi connectivity index (χ1) is 9.27. The summed E-state index contributed by atoms with van der Waals surface area (Å²) in [6.45, 7) is 0. The Morgan fingerprint density at radius 2 is 1.45 bits per heavy atom. The summed E-state index contributed by atoms with van der Waals surface area (Å²) in [5.41, 5.74) is -0.150. The van der Waals surface area contributed by atoms with Crippen molar-refractivity contribution in [1.29, 1.82) is 5.26 Å². The molecule has 0 bridgehead atoms. The summed E-state index contributed by atoms with van der Waals surface area (Å²) in [7, 11) is -3.76. The number of hydrogen-bond donors (Lipinski definition) is 0. The van der Waals surface area contributed by atoms with Crippen molar-refractivity contribution >= 4 is 67.8 Å². The number of alkyl halides is 1. The predicted molar refractivity (Wildman–Crippen MR) is 83.2 cm³/mol. The van der Waals surface area contributed by atoms with Crippen LogP contribution in [0, 0.1) is 11.3 Å². The van der Waals surface area contributed by atoms with Gasteiger partial charge < -0.3 is 0 Å². The van der Waals surface area contributed by atoms with Crippen molar-refractivity contribution in [2.45, 2.75) is 17.7 Å². The summed E-state index contributed by atoms with van der Waals surface area (Å²) in [4.78, 5) is -0.343. The van der Waals surface area contributed by atoms with E-state index in [1.165, 1.54) is 0 Å². The molecule has 0 aromatic heterocycles. The van der Waals surface area contributed by atoms with Crippen LogP contribution in [-0.2, 0) is 9.84 Å². The Morgan fingerprint density at radius 3 is 1.85 bits per heavy atom. The lowest BCUT2D eigenvalue weighted by Gasteiger charge is -2.12. The molecular weight excluding hydrogens is 387 g/mol. The van der Waals surface area contributed by atoms with Crippen LogP contribution < -0.4 is 0 Å². The molecule has 0 saturated heterocycles. The van der Waals surface area contributed by atoms with Gasteiger partial charge in [-0.25, -0.2) is 8.42 Å². The molecule has 0 aliphatic carbocycles. The highest BCUT2D eigenvalue weighted by atomic mass is 35.5. The number of unbranched alkanes of at least 4 members (excludes halogenated alkanes) is 1. The van der Waals surface area contributed by atoms with Crippen molar-refractivity contribution in [2.24, 2.45) is 0 Å². The summed E-state index contributed by atoms with van der Waals surface area (Å²) < 4.78 is 24.5. The minimum Gasteiger partial charge on any atom is -0.224 e. The Morgan fingerprint density at radius 1 is 0.950 bits per heavy atom. The van der Waals surface area contributed by atoms with Gasteiger partial charge in [0.15, 0.2) is 9.84 Å². The monoisotopic (exact) mass is 393 g/mol. The van der Waals surface area contributed by atoms with Gasteiger partial charge in [-0.3, -0.25) is 0 Å². The first-order valence-corrected chi connectivity index (χ1v) is 9.02. The van der Waals surface area contributed by atoms with Gasteiger partial charge >= 0.3 is 0 Å². The van der Waals surface area contributed by atoms with E-state index >= 15 is 0 Å². The third kappa shape index (κ3) is 3.65. The fourth-order valence-corrected chi connectivity index (χ4v) is 4.95. The topological polar surface area (TPSA) is 57.9 Å². The van der Waals surface area contributed by atoms with E-state index in [2.05, 4.69) is 0 Å². The lowest BCUT2D eigenvalue weighted by molar-refractivity contribution is 0.593. The van der Waals surface area contributed by atoms with Crippen LogP contribution in [0.15, 0.2) is 4.90 Å². The molecule has 0 unspecified atom stereocenters. The molecule has 0 saturated carbocycles. The van der Waals surface area contributed by atoms with Crippen LogP contribution in [0.25, 0.3) is 0 Å². The molecule has 0 spiro atoms. The molecule has 1 rings (SSSR count). The zero-order valence-corrected chi connectivity index (χ0v) is 14.5. The standard InChI is InChI=1S/C11H8Cl5NO2S/c12-3-1-2-4-20(18,19)11-9(15)7(13)6(5-17)8(14)10(11)16/h1-4H2. The number of benzene rings is 1. The average Bonchev–Trinajstić information content (AvgIpc) is 2.37. The van der Waals surface area contributed by atoms with Crippen molar-refractivity contribution in [3.05, 3.63) is 25.7 Å². The molecule has 0 aliphatic rings. The van der Waals surface area contributed by atoms with E-state index in [-0.39, 0.29) is 36.3 Å². The average molecular weight is 396 g/mol. The molecule has 20 heavy (non-hydrogen) atoms. The Bertz CT molecular complexity index is 637. The maximum absolute atomic E-state index is 12.2. The summed E-state index contributed by atoms with van der Waals surface area (Å²) >= 11 is 29.1. The van der Waals surface area contributed by atoms with Crippen LogP contribution in [0.5, 0.6) is 0 Å². The molecule has 3 nitrogen and oxygen atoms in total. The quantitative estimate of drug-likeness (QED) is 0.402. The SMILES string of the molecule is N#Cc1c(Cl)c(Cl)c(S(=O)(=O)CCCCCl)c(Cl)c1Cl. The van der Waals surface area contributed by atoms with Crippen LogP contribution in [0.3, 0.4) is 0 Å². The molecule has 1 aromatic carbocycles. The van der Waals surface area contributed by atoms with E-state index in [9.17, 15) is 8.42 Å². The van der Waals surface area contributed by atoms with Crippen LogP contribution in [0.4, 0.5) is 0 Å². The van der Waals surface area contributed by atoms with Crippen molar-refractivity contribution < 1.29 is 8.42 Å². The van der Waals surface area contributed by atoms with Crippen molar-refractivity contribution in [3.8, 4) is 6.07 Å². The summed E-state index contributed by atoms with van der Waals surface area (Å²) in [6.07, 6.45) is 0.890. The van der Waals surface area contributed by atoms with Gasteiger partial charge in [0.2, 0.25) is 0 Å². The molecule has 9 heteroatoms.